The van der Waals surface area contributed by atoms with Gasteiger partial charge in [0.25, 0.3) is 0 Å². The van der Waals surface area contributed by atoms with E-state index in [-0.39, 0.29) is 0 Å². The van der Waals surface area contributed by atoms with Gasteiger partial charge in [0, 0.05) is 11.6 Å². The van der Waals surface area contributed by atoms with Crippen LogP contribution in [0, 0.1) is 5.92 Å². The van der Waals surface area contributed by atoms with E-state index in [0.717, 1.165) is 6.54 Å². The fraction of sp³-hybridized carbons (Fsp3) is 0.769. The number of nitrogens with zero attached hydrogens (tertiary/aromatic N) is 2. The van der Waals surface area contributed by atoms with Crippen LogP contribution in [0.2, 0.25) is 0 Å². The Kier molecular flexibility index (Phi) is 4.95. The first-order valence-corrected chi connectivity index (χ1v) is 7.58. The molecule has 0 radical (unpaired) electrons. The van der Waals surface area contributed by atoms with Gasteiger partial charge in [-0.25, -0.2) is 4.98 Å². The Morgan fingerprint density at radius 3 is 3.06 bits per heavy atom. The van der Waals surface area contributed by atoms with Crippen LogP contribution in [0.4, 0.5) is 0 Å². The third-order valence-electron chi connectivity index (χ3n) is 3.63. The van der Waals surface area contributed by atoms with Crippen molar-refractivity contribution in [2.45, 2.75) is 38.6 Å². The first-order valence-electron chi connectivity index (χ1n) is 6.70. The molecule has 2 unspecified atom stereocenters. The van der Waals surface area contributed by atoms with Crippen LogP contribution in [-0.2, 0) is 0 Å². The van der Waals surface area contributed by atoms with Crippen molar-refractivity contribution in [3.8, 4) is 0 Å². The first-order chi connectivity index (χ1) is 8.36. The predicted octanol–water partition coefficient (Wildman–Crippen LogP) is 2.66. The molecule has 4 heteroatoms. The summed E-state index contributed by atoms with van der Waals surface area (Å²) in [5.74, 6) is 0.579. The maximum Gasteiger partial charge on any atom is 0.110 e. The summed E-state index contributed by atoms with van der Waals surface area (Å²) in [6, 6.07) is 0.461. The summed E-state index contributed by atoms with van der Waals surface area (Å²) in [7, 11) is 0. The SMILES string of the molecule is CCCN1CCCCC(CN)C1c1nccs1. The number of rotatable bonds is 4. The Hall–Kier alpha value is -0.450. The third kappa shape index (κ3) is 3.06. The Morgan fingerprint density at radius 1 is 1.53 bits per heavy atom. The second kappa shape index (κ2) is 6.47. The van der Waals surface area contributed by atoms with Gasteiger partial charge in [0.05, 0.1) is 6.04 Å². The van der Waals surface area contributed by atoms with Gasteiger partial charge in [-0.1, -0.05) is 13.3 Å². The highest BCUT2D eigenvalue weighted by molar-refractivity contribution is 7.09. The van der Waals surface area contributed by atoms with Gasteiger partial charge >= 0.3 is 0 Å². The Balaban J connectivity index is 2.22. The lowest BCUT2D eigenvalue weighted by Crippen LogP contribution is -2.36. The van der Waals surface area contributed by atoms with Crippen molar-refractivity contribution in [1.29, 1.82) is 0 Å². The summed E-state index contributed by atoms with van der Waals surface area (Å²) in [4.78, 5) is 7.13. The van der Waals surface area contributed by atoms with Crippen molar-refractivity contribution < 1.29 is 0 Å². The molecule has 0 amide bonds. The van der Waals surface area contributed by atoms with E-state index in [1.807, 2.05) is 6.20 Å². The zero-order chi connectivity index (χ0) is 12.1. The molecule has 0 saturated carbocycles. The van der Waals surface area contributed by atoms with E-state index in [1.54, 1.807) is 11.3 Å². The van der Waals surface area contributed by atoms with Crippen LogP contribution in [0.15, 0.2) is 11.6 Å². The predicted molar refractivity (Wildman–Crippen MR) is 73.1 cm³/mol. The number of aromatic nitrogens is 1. The van der Waals surface area contributed by atoms with Crippen molar-refractivity contribution in [2.24, 2.45) is 11.7 Å². The Bertz CT molecular complexity index is 312. The van der Waals surface area contributed by atoms with E-state index < -0.39 is 0 Å². The van der Waals surface area contributed by atoms with Gasteiger partial charge in [0.2, 0.25) is 0 Å². The maximum atomic E-state index is 5.98. The zero-order valence-electron chi connectivity index (χ0n) is 10.6. The fourth-order valence-electron chi connectivity index (χ4n) is 2.84. The van der Waals surface area contributed by atoms with Crippen molar-refractivity contribution in [3.05, 3.63) is 16.6 Å². The monoisotopic (exact) mass is 253 g/mol. The molecule has 2 heterocycles. The maximum absolute atomic E-state index is 5.98. The lowest BCUT2D eigenvalue weighted by atomic mass is 9.95. The molecule has 1 aliphatic heterocycles. The van der Waals surface area contributed by atoms with E-state index in [9.17, 15) is 0 Å². The number of hydrogen-bond donors (Lipinski definition) is 1. The molecule has 0 bridgehead atoms. The molecule has 0 spiro atoms. The molecule has 96 valence electrons. The van der Waals surface area contributed by atoms with E-state index in [4.69, 9.17) is 5.73 Å². The number of thiazole rings is 1. The van der Waals surface area contributed by atoms with Gasteiger partial charge in [-0.3, -0.25) is 4.90 Å². The summed E-state index contributed by atoms with van der Waals surface area (Å²) in [6.07, 6.45) is 6.99. The normalized spacial score (nSPS) is 26.9. The fourth-order valence-corrected chi connectivity index (χ4v) is 3.70. The molecule has 3 nitrogen and oxygen atoms in total. The van der Waals surface area contributed by atoms with Crippen LogP contribution >= 0.6 is 11.3 Å². The van der Waals surface area contributed by atoms with Crippen molar-refractivity contribution in [1.82, 2.24) is 9.88 Å². The smallest absolute Gasteiger partial charge is 0.110 e. The molecule has 1 aliphatic rings. The molecule has 2 atom stereocenters. The number of likely N-dealkylation sites (tertiary alicyclic amines) is 1. The van der Waals surface area contributed by atoms with Crippen molar-refractivity contribution >= 4 is 11.3 Å². The topological polar surface area (TPSA) is 42.1 Å². The highest BCUT2D eigenvalue weighted by atomic mass is 32.1. The quantitative estimate of drug-likeness (QED) is 0.897. The summed E-state index contributed by atoms with van der Waals surface area (Å²) < 4.78 is 0. The second-order valence-corrected chi connectivity index (χ2v) is 5.77. The van der Waals surface area contributed by atoms with Crippen LogP contribution in [0.5, 0.6) is 0 Å². The lowest BCUT2D eigenvalue weighted by molar-refractivity contribution is 0.158. The minimum Gasteiger partial charge on any atom is -0.330 e. The summed E-state index contributed by atoms with van der Waals surface area (Å²) in [5, 5.41) is 3.34. The molecule has 2 rings (SSSR count). The zero-order valence-corrected chi connectivity index (χ0v) is 11.5. The second-order valence-electron chi connectivity index (χ2n) is 4.84. The molecule has 2 N–H and O–H groups in total. The molecule has 1 aromatic rings. The summed E-state index contributed by atoms with van der Waals surface area (Å²) in [5.41, 5.74) is 5.98. The van der Waals surface area contributed by atoms with Crippen LogP contribution in [0.3, 0.4) is 0 Å². The molecular weight excluding hydrogens is 230 g/mol. The minimum absolute atomic E-state index is 0.461. The average molecular weight is 253 g/mol. The van der Waals surface area contributed by atoms with Gasteiger partial charge in [0.1, 0.15) is 5.01 Å². The molecule has 1 aromatic heterocycles. The third-order valence-corrected chi connectivity index (χ3v) is 4.47. The van der Waals surface area contributed by atoms with Crippen LogP contribution in [-0.4, -0.2) is 29.5 Å². The highest BCUT2D eigenvalue weighted by Crippen LogP contribution is 2.35. The first kappa shape index (κ1) is 13.0. The molecule has 0 aliphatic carbocycles. The molecule has 0 aromatic carbocycles. The van der Waals surface area contributed by atoms with Crippen molar-refractivity contribution in [3.63, 3.8) is 0 Å². The van der Waals surface area contributed by atoms with Gasteiger partial charge in [-0.05, 0) is 44.8 Å². The number of hydrogen-bond acceptors (Lipinski definition) is 4. The van der Waals surface area contributed by atoms with Gasteiger partial charge < -0.3 is 5.73 Å². The van der Waals surface area contributed by atoms with Crippen molar-refractivity contribution in [2.75, 3.05) is 19.6 Å². The van der Waals surface area contributed by atoms with E-state index >= 15 is 0 Å². The molecular formula is C13H23N3S. The van der Waals surface area contributed by atoms with E-state index in [0.29, 0.717) is 12.0 Å². The average Bonchev–Trinajstić information content (AvgIpc) is 2.78. The van der Waals surface area contributed by atoms with Crippen LogP contribution in [0.25, 0.3) is 0 Å². The number of nitrogens with two attached hydrogens (primary N) is 1. The van der Waals surface area contributed by atoms with E-state index in [2.05, 4.69) is 22.2 Å². The van der Waals surface area contributed by atoms with Gasteiger partial charge in [0.15, 0.2) is 0 Å². The van der Waals surface area contributed by atoms with Crippen LogP contribution < -0.4 is 5.73 Å². The van der Waals surface area contributed by atoms with Crippen LogP contribution in [0.1, 0.15) is 43.7 Å². The minimum atomic E-state index is 0.461. The Morgan fingerprint density at radius 2 is 2.41 bits per heavy atom. The Labute approximate surface area is 108 Å². The lowest BCUT2D eigenvalue weighted by Gasteiger charge is -2.33. The molecule has 1 saturated heterocycles. The summed E-state index contributed by atoms with van der Waals surface area (Å²) in [6.45, 7) is 5.40. The molecule has 17 heavy (non-hydrogen) atoms. The van der Waals surface area contributed by atoms with Gasteiger partial charge in [-0.15, -0.1) is 11.3 Å². The molecule has 1 fully saturated rings. The van der Waals surface area contributed by atoms with E-state index in [1.165, 1.54) is 43.8 Å². The van der Waals surface area contributed by atoms with Gasteiger partial charge in [-0.2, -0.15) is 0 Å². The standard InChI is InChI=1S/C13H23N3S/c1-2-7-16-8-4-3-5-11(10-14)12(16)13-15-6-9-17-13/h6,9,11-12H,2-5,7-8,10,14H2,1H3. The summed E-state index contributed by atoms with van der Waals surface area (Å²) >= 11 is 1.78. The highest BCUT2D eigenvalue weighted by Gasteiger charge is 2.31. The largest absolute Gasteiger partial charge is 0.330 e.